The predicted octanol–water partition coefficient (Wildman–Crippen LogP) is 1.94. The van der Waals surface area contributed by atoms with E-state index in [9.17, 15) is 5.11 Å². The van der Waals surface area contributed by atoms with Crippen LogP contribution in [0, 0.1) is 6.92 Å². The SMILES string of the molecule is Cc1ccc(CNCC2(O)CCSCC2)o1. The minimum atomic E-state index is -0.507. The standard InChI is InChI=1S/C12H19NO2S/c1-10-2-3-11(15-10)8-13-9-12(14)4-6-16-7-5-12/h2-3,13-14H,4-9H2,1H3. The van der Waals surface area contributed by atoms with Crippen LogP contribution in [0.25, 0.3) is 0 Å². The van der Waals surface area contributed by atoms with E-state index in [1.54, 1.807) is 0 Å². The monoisotopic (exact) mass is 241 g/mol. The van der Waals surface area contributed by atoms with Gasteiger partial charge in [-0.1, -0.05) is 0 Å². The zero-order chi connectivity index (χ0) is 11.4. The van der Waals surface area contributed by atoms with Crippen molar-refractivity contribution in [2.24, 2.45) is 0 Å². The third-order valence-electron chi connectivity index (χ3n) is 2.97. The van der Waals surface area contributed by atoms with Crippen molar-refractivity contribution in [2.45, 2.75) is 31.9 Å². The van der Waals surface area contributed by atoms with Gasteiger partial charge in [0.25, 0.3) is 0 Å². The molecule has 0 atom stereocenters. The maximum Gasteiger partial charge on any atom is 0.117 e. The number of aryl methyl sites for hydroxylation is 1. The molecule has 0 saturated carbocycles. The molecule has 2 heterocycles. The number of rotatable bonds is 4. The van der Waals surface area contributed by atoms with Gasteiger partial charge in [-0.3, -0.25) is 0 Å². The molecule has 3 nitrogen and oxygen atoms in total. The molecule has 16 heavy (non-hydrogen) atoms. The molecule has 90 valence electrons. The Labute approximate surface area is 101 Å². The number of furan rings is 1. The Hall–Kier alpha value is -0.450. The second-order valence-electron chi connectivity index (χ2n) is 4.45. The summed E-state index contributed by atoms with van der Waals surface area (Å²) in [5.41, 5.74) is -0.507. The fourth-order valence-corrected chi connectivity index (χ4v) is 3.18. The van der Waals surface area contributed by atoms with Crippen LogP contribution >= 0.6 is 11.8 Å². The lowest BCUT2D eigenvalue weighted by atomic mass is 9.97. The first-order chi connectivity index (χ1) is 7.68. The molecule has 2 rings (SSSR count). The Balaban J connectivity index is 1.74. The molecule has 1 aliphatic rings. The van der Waals surface area contributed by atoms with E-state index in [1.165, 1.54) is 0 Å². The minimum Gasteiger partial charge on any atom is -0.465 e. The predicted molar refractivity (Wildman–Crippen MR) is 66.7 cm³/mol. The summed E-state index contributed by atoms with van der Waals surface area (Å²) in [4.78, 5) is 0. The van der Waals surface area contributed by atoms with Crippen molar-refractivity contribution in [3.8, 4) is 0 Å². The van der Waals surface area contributed by atoms with Gasteiger partial charge in [0, 0.05) is 6.54 Å². The van der Waals surface area contributed by atoms with Crippen LogP contribution in [0.15, 0.2) is 16.5 Å². The number of aliphatic hydroxyl groups is 1. The molecule has 1 aliphatic heterocycles. The molecule has 4 heteroatoms. The molecule has 0 bridgehead atoms. The zero-order valence-electron chi connectivity index (χ0n) is 9.66. The molecular weight excluding hydrogens is 222 g/mol. The Morgan fingerprint density at radius 1 is 1.44 bits per heavy atom. The first-order valence-electron chi connectivity index (χ1n) is 5.74. The van der Waals surface area contributed by atoms with Crippen LogP contribution in [-0.2, 0) is 6.54 Å². The van der Waals surface area contributed by atoms with Crippen LogP contribution < -0.4 is 5.32 Å². The molecular formula is C12H19NO2S. The zero-order valence-corrected chi connectivity index (χ0v) is 10.5. The highest BCUT2D eigenvalue weighted by Gasteiger charge is 2.28. The first-order valence-corrected chi connectivity index (χ1v) is 6.90. The second-order valence-corrected chi connectivity index (χ2v) is 5.68. The van der Waals surface area contributed by atoms with Crippen LogP contribution in [0.3, 0.4) is 0 Å². The van der Waals surface area contributed by atoms with Gasteiger partial charge in [-0.25, -0.2) is 0 Å². The summed E-state index contributed by atoms with van der Waals surface area (Å²) >= 11 is 1.92. The van der Waals surface area contributed by atoms with E-state index in [0.717, 1.165) is 35.9 Å². The summed E-state index contributed by atoms with van der Waals surface area (Å²) in [5.74, 6) is 4.01. The van der Waals surface area contributed by atoms with Gasteiger partial charge in [-0.15, -0.1) is 0 Å². The van der Waals surface area contributed by atoms with Gasteiger partial charge < -0.3 is 14.8 Å². The quantitative estimate of drug-likeness (QED) is 0.845. The lowest BCUT2D eigenvalue weighted by Crippen LogP contribution is -2.43. The molecule has 0 spiro atoms. The smallest absolute Gasteiger partial charge is 0.117 e. The van der Waals surface area contributed by atoms with Gasteiger partial charge in [0.2, 0.25) is 0 Å². The lowest BCUT2D eigenvalue weighted by molar-refractivity contribution is 0.0316. The molecule has 0 amide bonds. The minimum absolute atomic E-state index is 0.507. The van der Waals surface area contributed by atoms with Crippen LogP contribution in [0.4, 0.5) is 0 Å². The Bertz CT molecular complexity index is 332. The molecule has 2 N–H and O–H groups in total. The average molecular weight is 241 g/mol. The third kappa shape index (κ3) is 3.27. The summed E-state index contributed by atoms with van der Waals surface area (Å²) in [6, 6.07) is 3.94. The van der Waals surface area contributed by atoms with Gasteiger partial charge in [-0.2, -0.15) is 11.8 Å². The molecule has 1 saturated heterocycles. The topological polar surface area (TPSA) is 45.4 Å². The van der Waals surface area contributed by atoms with Gasteiger partial charge in [0.15, 0.2) is 0 Å². The van der Waals surface area contributed by atoms with Gasteiger partial charge in [0.05, 0.1) is 12.1 Å². The summed E-state index contributed by atoms with van der Waals surface area (Å²) in [5, 5.41) is 13.5. The van der Waals surface area contributed by atoms with E-state index in [1.807, 2.05) is 30.8 Å². The Morgan fingerprint density at radius 2 is 2.19 bits per heavy atom. The molecule has 0 unspecified atom stereocenters. The first kappa shape index (κ1) is 12.0. The van der Waals surface area contributed by atoms with Crippen molar-refractivity contribution in [1.29, 1.82) is 0 Å². The van der Waals surface area contributed by atoms with Gasteiger partial charge in [-0.05, 0) is 43.4 Å². The highest BCUT2D eigenvalue weighted by atomic mass is 32.2. The normalized spacial score (nSPS) is 19.9. The number of thioether (sulfide) groups is 1. The highest BCUT2D eigenvalue weighted by Crippen LogP contribution is 2.26. The molecule has 0 aliphatic carbocycles. The Morgan fingerprint density at radius 3 is 2.81 bits per heavy atom. The fraction of sp³-hybridized carbons (Fsp3) is 0.667. The van der Waals surface area contributed by atoms with Crippen LogP contribution in [0.5, 0.6) is 0 Å². The maximum atomic E-state index is 10.2. The molecule has 1 aromatic heterocycles. The van der Waals surface area contributed by atoms with Crippen molar-refractivity contribution < 1.29 is 9.52 Å². The number of hydrogen-bond donors (Lipinski definition) is 2. The Kier molecular flexibility index (Phi) is 3.95. The number of hydrogen-bond acceptors (Lipinski definition) is 4. The van der Waals surface area contributed by atoms with Crippen molar-refractivity contribution in [2.75, 3.05) is 18.1 Å². The van der Waals surface area contributed by atoms with E-state index < -0.39 is 5.60 Å². The lowest BCUT2D eigenvalue weighted by Gasteiger charge is -2.31. The average Bonchev–Trinajstić information content (AvgIpc) is 2.65. The van der Waals surface area contributed by atoms with Gasteiger partial charge >= 0.3 is 0 Å². The van der Waals surface area contributed by atoms with E-state index >= 15 is 0 Å². The second kappa shape index (κ2) is 5.25. The molecule has 1 fully saturated rings. The fourth-order valence-electron chi connectivity index (χ4n) is 1.93. The summed E-state index contributed by atoms with van der Waals surface area (Å²) in [7, 11) is 0. The van der Waals surface area contributed by atoms with Crippen LogP contribution in [0.1, 0.15) is 24.4 Å². The molecule has 1 aromatic rings. The summed E-state index contributed by atoms with van der Waals surface area (Å²) in [6.07, 6.45) is 1.78. The van der Waals surface area contributed by atoms with E-state index in [-0.39, 0.29) is 0 Å². The highest BCUT2D eigenvalue weighted by molar-refractivity contribution is 7.99. The maximum absolute atomic E-state index is 10.2. The van der Waals surface area contributed by atoms with Crippen molar-refractivity contribution in [3.05, 3.63) is 23.7 Å². The summed E-state index contributed by atoms with van der Waals surface area (Å²) in [6.45, 7) is 3.30. The molecule has 0 radical (unpaired) electrons. The van der Waals surface area contributed by atoms with E-state index in [2.05, 4.69) is 5.32 Å². The van der Waals surface area contributed by atoms with E-state index in [4.69, 9.17) is 4.42 Å². The number of nitrogens with one attached hydrogen (secondary N) is 1. The largest absolute Gasteiger partial charge is 0.465 e. The van der Waals surface area contributed by atoms with Crippen molar-refractivity contribution in [3.63, 3.8) is 0 Å². The van der Waals surface area contributed by atoms with Crippen LogP contribution in [0.2, 0.25) is 0 Å². The third-order valence-corrected chi connectivity index (χ3v) is 3.96. The summed E-state index contributed by atoms with van der Waals surface area (Å²) < 4.78 is 5.46. The molecule has 0 aromatic carbocycles. The van der Waals surface area contributed by atoms with Crippen LogP contribution in [-0.4, -0.2) is 28.8 Å². The van der Waals surface area contributed by atoms with Crippen molar-refractivity contribution >= 4 is 11.8 Å². The van der Waals surface area contributed by atoms with Gasteiger partial charge in [0.1, 0.15) is 11.5 Å². The van der Waals surface area contributed by atoms with E-state index in [0.29, 0.717) is 13.1 Å². The van der Waals surface area contributed by atoms with Crippen molar-refractivity contribution in [1.82, 2.24) is 5.32 Å².